The van der Waals surface area contributed by atoms with Crippen molar-refractivity contribution in [3.63, 3.8) is 0 Å². The summed E-state index contributed by atoms with van der Waals surface area (Å²) in [6.45, 7) is 0. The number of hydrogen-bond acceptors (Lipinski definition) is 4. The molecule has 2 rings (SSSR count). The van der Waals surface area contributed by atoms with E-state index in [0.717, 1.165) is 5.56 Å². The molecule has 0 spiro atoms. The van der Waals surface area contributed by atoms with Crippen LogP contribution >= 0.6 is 0 Å². The Morgan fingerprint density at radius 2 is 1.71 bits per heavy atom. The number of benzene rings is 2. The van der Waals surface area contributed by atoms with E-state index in [4.69, 9.17) is 14.2 Å². The van der Waals surface area contributed by atoms with Crippen LogP contribution in [0.2, 0.25) is 0 Å². The topological polar surface area (TPSA) is 65.0 Å². The van der Waals surface area contributed by atoms with Crippen LogP contribution in [0.4, 0.5) is 0 Å². The number of hydrogen-bond donors (Lipinski definition) is 1. The zero-order valence-electron chi connectivity index (χ0n) is 12.0. The molecule has 0 saturated heterocycles. The third-order valence-corrected chi connectivity index (χ3v) is 3.11. The molecule has 2 aromatic rings. The number of methoxy groups -OCH3 is 3. The molecule has 0 fully saturated rings. The zero-order valence-corrected chi connectivity index (χ0v) is 12.0. The lowest BCUT2D eigenvalue weighted by Crippen LogP contribution is -2.03. The molecule has 1 N–H and O–H groups in total. The quantitative estimate of drug-likeness (QED) is 0.916. The summed E-state index contributed by atoms with van der Waals surface area (Å²) in [4.78, 5) is 11.4. The average molecular weight is 288 g/mol. The van der Waals surface area contributed by atoms with Crippen molar-refractivity contribution in [1.82, 2.24) is 0 Å². The van der Waals surface area contributed by atoms with Gasteiger partial charge in [0.2, 0.25) is 0 Å². The normalized spacial score (nSPS) is 10.0. The van der Waals surface area contributed by atoms with E-state index in [0.29, 0.717) is 17.1 Å². The smallest absolute Gasteiger partial charge is 0.339 e. The first-order valence-corrected chi connectivity index (χ1v) is 6.24. The Hall–Kier alpha value is -2.69. The fourth-order valence-corrected chi connectivity index (χ4v) is 2.09. The van der Waals surface area contributed by atoms with Crippen molar-refractivity contribution in [2.24, 2.45) is 0 Å². The molecule has 0 aliphatic rings. The minimum Gasteiger partial charge on any atom is -0.497 e. The van der Waals surface area contributed by atoms with E-state index >= 15 is 0 Å². The van der Waals surface area contributed by atoms with Crippen molar-refractivity contribution in [2.45, 2.75) is 0 Å². The largest absolute Gasteiger partial charge is 0.497 e. The molecule has 0 unspecified atom stereocenters. The Bertz CT molecular complexity index is 664. The summed E-state index contributed by atoms with van der Waals surface area (Å²) >= 11 is 0. The molecular weight excluding hydrogens is 272 g/mol. The average Bonchev–Trinajstić information content (AvgIpc) is 2.53. The third-order valence-electron chi connectivity index (χ3n) is 3.11. The minimum absolute atomic E-state index is 0.0506. The maximum atomic E-state index is 11.4. The molecule has 0 aliphatic heterocycles. The highest BCUT2D eigenvalue weighted by Gasteiger charge is 2.18. The molecule has 0 atom stereocenters. The maximum Gasteiger partial charge on any atom is 0.339 e. The van der Waals surface area contributed by atoms with Crippen LogP contribution in [0.1, 0.15) is 10.4 Å². The van der Waals surface area contributed by atoms with Crippen molar-refractivity contribution < 1.29 is 24.1 Å². The summed E-state index contributed by atoms with van der Waals surface area (Å²) in [6, 6.07) is 10.6. The van der Waals surface area contributed by atoms with Crippen molar-refractivity contribution in [2.75, 3.05) is 21.3 Å². The maximum absolute atomic E-state index is 11.4. The van der Waals surface area contributed by atoms with E-state index < -0.39 is 5.97 Å². The van der Waals surface area contributed by atoms with Gasteiger partial charge in [-0.15, -0.1) is 0 Å². The standard InChI is InChI=1S/C16H16O5/c1-19-12-6-4-5-10(7-12)11-8-13(16(17)18)15(21-3)14(9-11)20-2/h4-9H,1-3H3,(H,17,18). The van der Waals surface area contributed by atoms with Gasteiger partial charge in [0.15, 0.2) is 11.5 Å². The highest BCUT2D eigenvalue weighted by Crippen LogP contribution is 2.37. The molecule has 5 heteroatoms. The third kappa shape index (κ3) is 2.91. The summed E-state index contributed by atoms with van der Waals surface area (Å²) in [5.74, 6) is 0.195. The Morgan fingerprint density at radius 1 is 0.952 bits per heavy atom. The molecule has 5 nitrogen and oxygen atoms in total. The monoisotopic (exact) mass is 288 g/mol. The Balaban J connectivity index is 2.63. The molecule has 0 bridgehead atoms. The second-order valence-electron chi connectivity index (χ2n) is 4.30. The van der Waals surface area contributed by atoms with Crippen LogP contribution in [0.5, 0.6) is 17.2 Å². The summed E-state index contributed by atoms with van der Waals surface area (Å²) in [5.41, 5.74) is 1.59. The molecule has 0 aliphatic carbocycles. The van der Waals surface area contributed by atoms with E-state index in [1.54, 1.807) is 19.2 Å². The molecule has 0 heterocycles. The van der Waals surface area contributed by atoms with Crippen LogP contribution in [0.15, 0.2) is 36.4 Å². The second-order valence-corrected chi connectivity index (χ2v) is 4.30. The molecule has 0 aromatic heterocycles. The van der Waals surface area contributed by atoms with E-state index in [9.17, 15) is 9.90 Å². The van der Waals surface area contributed by atoms with Gasteiger partial charge in [0.25, 0.3) is 0 Å². The first kappa shape index (κ1) is 14.7. The van der Waals surface area contributed by atoms with Gasteiger partial charge in [-0.3, -0.25) is 0 Å². The van der Waals surface area contributed by atoms with Gasteiger partial charge in [0.1, 0.15) is 11.3 Å². The van der Waals surface area contributed by atoms with Crippen molar-refractivity contribution >= 4 is 5.97 Å². The molecular formula is C16H16O5. The zero-order chi connectivity index (χ0) is 15.4. The predicted octanol–water partition coefficient (Wildman–Crippen LogP) is 3.08. The van der Waals surface area contributed by atoms with Crippen molar-refractivity contribution in [1.29, 1.82) is 0 Å². The van der Waals surface area contributed by atoms with E-state index in [-0.39, 0.29) is 11.3 Å². The number of aromatic carboxylic acids is 1. The first-order valence-electron chi connectivity index (χ1n) is 6.24. The van der Waals surface area contributed by atoms with Crippen LogP contribution in [0.3, 0.4) is 0 Å². The Labute approximate surface area is 122 Å². The molecule has 21 heavy (non-hydrogen) atoms. The highest BCUT2D eigenvalue weighted by molar-refractivity contribution is 5.94. The molecule has 110 valence electrons. The van der Waals surface area contributed by atoms with Crippen molar-refractivity contribution in [3.8, 4) is 28.4 Å². The molecule has 2 aromatic carbocycles. The summed E-state index contributed by atoms with van der Waals surface area (Å²) < 4.78 is 15.5. The summed E-state index contributed by atoms with van der Waals surface area (Å²) in [5, 5.41) is 9.33. The van der Waals surface area contributed by atoms with Crippen LogP contribution in [0, 0.1) is 0 Å². The van der Waals surface area contributed by atoms with Gasteiger partial charge in [-0.05, 0) is 35.4 Å². The van der Waals surface area contributed by atoms with Gasteiger partial charge in [0, 0.05) is 0 Å². The fourth-order valence-electron chi connectivity index (χ4n) is 2.09. The lowest BCUT2D eigenvalue weighted by molar-refractivity contribution is 0.0692. The van der Waals surface area contributed by atoms with Gasteiger partial charge >= 0.3 is 5.97 Å². The number of rotatable bonds is 5. The van der Waals surface area contributed by atoms with Gasteiger partial charge in [-0.1, -0.05) is 12.1 Å². The van der Waals surface area contributed by atoms with Crippen LogP contribution in [-0.2, 0) is 0 Å². The van der Waals surface area contributed by atoms with Crippen molar-refractivity contribution in [3.05, 3.63) is 42.0 Å². The van der Waals surface area contributed by atoms with Gasteiger partial charge < -0.3 is 19.3 Å². The number of carbonyl (C=O) groups is 1. The van der Waals surface area contributed by atoms with Gasteiger partial charge in [-0.25, -0.2) is 4.79 Å². The fraction of sp³-hybridized carbons (Fsp3) is 0.188. The van der Waals surface area contributed by atoms with E-state index in [2.05, 4.69) is 0 Å². The number of carboxylic acids is 1. The predicted molar refractivity (Wildman–Crippen MR) is 78.5 cm³/mol. The molecule has 0 radical (unpaired) electrons. The Morgan fingerprint density at radius 3 is 2.29 bits per heavy atom. The first-order chi connectivity index (χ1) is 10.1. The van der Waals surface area contributed by atoms with E-state index in [1.807, 2.05) is 24.3 Å². The summed E-state index contributed by atoms with van der Waals surface area (Å²) in [7, 11) is 4.46. The second kappa shape index (κ2) is 6.17. The number of ether oxygens (including phenoxy) is 3. The lowest BCUT2D eigenvalue weighted by atomic mass is 10.0. The molecule has 0 amide bonds. The lowest BCUT2D eigenvalue weighted by Gasteiger charge is -2.13. The van der Waals surface area contributed by atoms with Crippen LogP contribution in [0.25, 0.3) is 11.1 Å². The van der Waals surface area contributed by atoms with E-state index in [1.165, 1.54) is 14.2 Å². The minimum atomic E-state index is -1.07. The summed E-state index contributed by atoms with van der Waals surface area (Å²) in [6.07, 6.45) is 0. The molecule has 0 saturated carbocycles. The van der Waals surface area contributed by atoms with Gasteiger partial charge in [-0.2, -0.15) is 0 Å². The van der Waals surface area contributed by atoms with Crippen LogP contribution in [-0.4, -0.2) is 32.4 Å². The highest BCUT2D eigenvalue weighted by atomic mass is 16.5. The SMILES string of the molecule is COc1cccc(-c2cc(OC)c(OC)c(C(=O)O)c2)c1. The number of carboxylic acid groups (broad SMARTS) is 1. The van der Waals surface area contributed by atoms with Crippen LogP contribution < -0.4 is 14.2 Å². The Kier molecular flexibility index (Phi) is 4.33. The van der Waals surface area contributed by atoms with Gasteiger partial charge in [0.05, 0.1) is 21.3 Å².